The van der Waals surface area contributed by atoms with E-state index in [1.807, 2.05) is 0 Å². The lowest BCUT2D eigenvalue weighted by Gasteiger charge is -2.35. The highest BCUT2D eigenvalue weighted by Crippen LogP contribution is 2.30. The largest absolute Gasteiger partial charge is 0.490 e. The number of nitrogens with zero attached hydrogens (tertiary/aromatic N) is 1. The molecule has 2 unspecified atom stereocenters. The van der Waals surface area contributed by atoms with Crippen molar-refractivity contribution >= 4 is 11.6 Å². The van der Waals surface area contributed by atoms with Crippen molar-refractivity contribution in [2.75, 3.05) is 0 Å². The zero-order chi connectivity index (χ0) is 14.8. The van der Waals surface area contributed by atoms with Gasteiger partial charge in [-0.2, -0.15) is 0 Å². The summed E-state index contributed by atoms with van der Waals surface area (Å²) in [6, 6.07) is 5.95. The topological polar surface area (TPSA) is 121 Å². The fraction of sp³-hybridized carbons (Fsp3) is 0.462. The molecule has 1 aliphatic carbocycles. The van der Waals surface area contributed by atoms with Crippen LogP contribution in [-0.2, 0) is 4.79 Å². The average molecular weight is 279 g/mol. The van der Waals surface area contributed by atoms with E-state index < -0.39 is 16.4 Å². The molecule has 0 heterocycles. The van der Waals surface area contributed by atoms with Crippen molar-refractivity contribution in [1.29, 1.82) is 0 Å². The molecular formula is C13H17N3O4. The fourth-order valence-corrected chi connectivity index (χ4v) is 2.44. The third kappa shape index (κ3) is 3.05. The van der Waals surface area contributed by atoms with Crippen LogP contribution in [0.3, 0.4) is 0 Å². The third-order valence-electron chi connectivity index (χ3n) is 3.56. The highest BCUT2D eigenvalue weighted by Gasteiger charge is 2.38. The molecule has 20 heavy (non-hydrogen) atoms. The first-order valence-corrected chi connectivity index (χ1v) is 6.41. The van der Waals surface area contributed by atoms with Crippen LogP contribution in [0.2, 0.25) is 0 Å². The van der Waals surface area contributed by atoms with Gasteiger partial charge in [-0.1, -0.05) is 6.07 Å². The molecule has 0 aromatic heterocycles. The molecule has 1 aromatic rings. The summed E-state index contributed by atoms with van der Waals surface area (Å²) in [5, 5.41) is 10.7. The molecule has 1 fully saturated rings. The van der Waals surface area contributed by atoms with Crippen molar-refractivity contribution in [3.05, 3.63) is 34.4 Å². The highest BCUT2D eigenvalue weighted by molar-refractivity contribution is 5.84. The van der Waals surface area contributed by atoms with Crippen LogP contribution in [0.15, 0.2) is 24.3 Å². The van der Waals surface area contributed by atoms with E-state index >= 15 is 0 Å². The van der Waals surface area contributed by atoms with Gasteiger partial charge in [-0.15, -0.1) is 0 Å². The first-order chi connectivity index (χ1) is 9.40. The summed E-state index contributed by atoms with van der Waals surface area (Å²) < 4.78 is 5.70. The predicted molar refractivity (Wildman–Crippen MR) is 72.1 cm³/mol. The number of benzene rings is 1. The lowest BCUT2D eigenvalue weighted by atomic mass is 9.80. The number of primary amides is 1. The minimum absolute atomic E-state index is 0.0350. The molecule has 1 saturated carbocycles. The zero-order valence-corrected chi connectivity index (χ0v) is 11.0. The Morgan fingerprint density at radius 2 is 2.25 bits per heavy atom. The minimum Gasteiger partial charge on any atom is -0.490 e. The monoisotopic (exact) mass is 279 g/mol. The first-order valence-electron chi connectivity index (χ1n) is 6.41. The Labute approximate surface area is 116 Å². The van der Waals surface area contributed by atoms with Crippen LogP contribution < -0.4 is 16.2 Å². The SMILES string of the molecule is NC(=O)C1(N)CCCC(Oc2cccc([N+](=O)[O-])c2)C1. The summed E-state index contributed by atoms with van der Waals surface area (Å²) in [4.78, 5) is 21.6. The van der Waals surface area contributed by atoms with Gasteiger partial charge in [0, 0.05) is 12.5 Å². The molecule has 2 atom stereocenters. The van der Waals surface area contributed by atoms with Gasteiger partial charge in [-0.25, -0.2) is 0 Å². The lowest BCUT2D eigenvalue weighted by molar-refractivity contribution is -0.385. The van der Waals surface area contributed by atoms with Crippen LogP contribution >= 0.6 is 0 Å². The summed E-state index contributed by atoms with van der Waals surface area (Å²) in [7, 11) is 0. The number of carbonyl (C=O) groups excluding carboxylic acids is 1. The van der Waals surface area contributed by atoms with Crippen molar-refractivity contribution < 1.29 is 14.5 Å². The number of nitro groups is 1. The number of carbonyl (C=O) groups is 1. The van der Waals surface area contributed by atoms with Crippen LogP contribution in [0.1, 0.15) is 25.7 Å². The van der Waals surface area contributed by atoms with E-state index in [1.54, 1.807) is 12.1 Å². The summed E-state index contributed by atoms with van der Waals surface area (Å²) in [6.07, 6.45) is 2.08. The van der Waals surface area contributed by atoms with E-state index in [4.69, 9.17) is 16.2 Å². The van der Waals surface area contributed by atoms with E-state index in [1.165, 1.54) is 12.1 Å². The van der Waals surface area contributed by atoms with Gasteiger partial charge in [0.15, 0.2) is 0 Å². The second kappa shape index (κ2) is 5.46. The number of non-ortho nitro benzene ring substituents is 1. The van der Waals surface area contributed by atoms with Crippen molar-refractivity contribution in [2.24, 2.45) is 11.5 Å². The second-order valence-corrected chi connectivity index (χ2v) is 5.11. The number of hydrogen-bond donors (Lipinski definition) is 2. The Balaban J connectivity index is 2.08. The smallest absolute Gasteiger partial charge is 0.273 e. The number of nitro benzene ring substituents is 1. The maximum Gasteiger partial charge on any atom is 0.273 e. The fourth-order valence-electron chi connectivity index (χ4n) is 2.44. The summed E-state index contributed by atoms with van der Waals surface area (Å²) in [6.45, 7) is 0. The Hall–Kier alpha value is -2.15. The van der Waals surface area contributed by atoms with E-state index in [-0.39, 0.29) is 11.8 Å². The van der Waals surface area contributed by atoms with Gasteiger partial charge in [-0.3, -0.25) is 14.9 Å². The van der Waals surface area contributed by atoms with Crippen LogP contribution in [0.4, 0.5) is 5.69 Å². The maximum absolute atomic E-state index is 11.4. The van der Waals surface area contributed by atoms with Crippen molar-refractivity contribution in [3.63, 3.8) is 0 Å². The average Bonchev–Trinajstić information content (AvgIpc) is 2.39. The van der Waals surface area contributed by atoms with Gasteiger partial charge < -0.3 is 16.2 Å². The minimum atomic E-state index is -1.05. The zero-order valence-electron chi connectivity index (χ0n) is 11.0. The Kier molecular flexibility index (Phi) is 3.89. The molecule has 1 aromatic carbocycles. The molecule has 0 aliphatic heterocycles. The number of hydrogen-bond acceptors (Lipinski definition) is 5. The molecule has 0 radical (unpaired) electrons. The van der Waals surface area contributed by atoms with Crippen molar-refractivity contribution in [3.8, 4) is 5.75 Å². The molecule has 7 heteroatoms. The van der Waals surface area contributed by atoms with Gasteiger partial charge in [-0.05, 0) is 25.3 Å². The van der Waals surface area contributed by atoms with Crippen molar-refractivity contribution in [2.45, 2.75) is 37.3 Å². The van der Waals surface area contributed by atoms with Gasteiger partial charge in [0.1, 0.15) is 11.9 Å². The van der Waals surface area contributed by atoms with Gasteiger partial charge in [0.2, 0.25) is 5.91 Å². The highest BCUT2D eigenvalue weighted by atomic mass is 16.6. The molecule has 0 bridgehead atoms. The summed E-state index contributed by atoms with van der Waals surface area (Å²) in [5.41, 5.74) is 10.2. The Morgan fingerprint density at radius 1 is 1.50 bits per heavy atom. The standard InChI is InChI=1S/C13H17N3O4/c14-12(17)13(15)6-2-5-11(8-13)20-10-4-1-3-9(7-10)16(18)19/h1,3-4,7,11H,2,5-6,8,15H2,(H2,14,17). The number of amides is 1. The van der Waals surface area contributed by atoms with Crippen LogP contribution in [0.5, 0.6) is 5.75 Å². The molecule has 1 amide bonds. The molecular weight excluding hydrogens is 262 g/mol. The molecule has 0 saturated heterocycles. The molecule has 108 valence electrons. The van der Waals surface area contributed by atoms with Gasteiger partial charge >= 0.3 is 0 Å². The maximum atomic E-state index is 11.4. The molecule has 4 N–H and O–H groups in total. The summed E-state index contributed by atoms with van der Waals surface area (Å²) >= 11 is 0. The quantitative estimate of drug-likeness (QED) is 0.631. The first kappa shape index (κ1) is 14.3. The number of rotatable bonds is 4. The van der Waals surface area contributed by atoms with E-state index in [2.05, 4.69) is 0 Å². The van der Waals surface area contributed by atoms with Crippen LogP contribution in [0, 0.1) is 10.1 Å². The Bertz CT molecular complexity index is 534. The van der Waals surface area contributed by atoms with Gasteiger partial charge in [0.05, 0.1) is 16.5 Å². The molecule has 0 spiro atoms. The van der Waals surface area contributed by atoms with Crippen LogP contribution in [0.25, 0.3) is 0 Å². The van der Waals surface area contributed by atoms with E-state index in [9.17, 15) is 14.9 Å². The molecule has 7 nitrogen and oxygen atoms in total. The lowest BCUT2D eigenvalue weighted by Crippen LogP contribution is -2.56. The number of nitrogens with two attached hydrogens (primary N) is 2. The predicted octanol–water partition coefficient (Wildman–Crippen LogP) is 1.10. The van der Waals surface area contributed by atoms with Crippen molar-refractivity contribution in [1.82, 2.24) is 0 Å². The normalized spacial score (nSPS) is 25.9. The molecule has 2 rings (SSSR count). The van der Waals surface area contributed by atoms with Gasteiger partial charge in [0.25, 0.3) is 5.69 Å². The third-order valence-corrected chi connectivity index (χ3v) is 3.56. The Morgan fingerprint density at radius 3 is 2.90 bits per heavy atom. The summed E-state index contributed by atoms with van der Waals surface area (Å²) in [5.74, 6) is -0.136. The van der Waals surface area contributed by atoms with Crippen LogP contribution in [-0.4, -0.2) is 22.5 Å². The second-order valence-electron chi connectivity index (χ2n) is 5.11. The van der Waals surface area contributed by atoms with E-state index in [0.29, 0.717) is 18.6 Å². The number of ether oxygens (including phenoxy) is 1. The van der Waals surface area contributed by atoms with E-state index in [0.717, 1.165) is 12.8 Å². The molecule has 1 aliphatic rings.